The Morgan fingerprint density at radius 2 is 1.58 bits per heavy atom. The van der Waals surface area contributed by atoms with Crippen molar-refractivity contribution in [2.45, 2.75) is 78.0 Å². The highest BCUT2D eigenvalue weighted by atomic mass is 28.4. The molecule has 1 rings (SSSR count). The van der Waals surface area contributed by atoms with Crippen LogP contribution in [0.15, 0.2) is 11.8 Å². The molecule has 3 heteroatoms. The minimum absolute atomic E-state index is 0.515. The van der Waals surface area contributed by atoms with Gasteiger partial charge in [-0.15, -0.1) is 0 Å². The Morgan fingerprint density at radius 1 is 1.00 bits per heavy atom. The predicted molar refractivity (Wildman–Crippen MR) is 91.8 cm³/mol. The maximum absolute atomic E-state index is 6.46. The molecule has 3 atom stereocenters. The van der Waals surface area contributed by atoms with Crippen LogP contribution in [0.1, 0.15) is 32.6 Å². The number of allylic oxidation sites excluding steroid dienone is 1. The molecule has 1 aliphatic rings. The molecule has 1 nitrogen and oxygen atoms in total. The molecule has 1 fully saturated rings. The lowest BCUT2D eigenvalue weighted by Crippen LogP contribution is -2.40. The molecule has 0 radical (unpaired) electrons. The summed E-state index contributed by atoms with van der Waals surface area (Å²) < 4.78 is 6.46. The Hall–Kier alpha value is 0.134. The second-order valence-electron chi connectivity index (χ2n) is 8.30. The summed E-state index contributed by atoms with van der Waals surface area (Å²) in [7, 11) is -2.47. The molecule has 0 bridgehead atoms. The highest BCUT2D eigenvalue weighted by molar-refractivity contribution is 6.80. The van der Waals surface area contributed by atoms with E-state index in [2.05, 4.69) is 58.0 Å². The van der Waals surface area contributed by atoms with E-state index in [1.54, 1.807) is 0 Å². The van der Waals surface area contributed by atoms with E-state index in [-0.39, 0.29) is 0 Å². The Kier molecular flexibility index (Phi) is 6.08. The van der Waals surface area contributed by atoms with Gasteiger partial charge in [-0.25, -0.2) is 0 Å². The van der Waals surface area contributed by atoms with Crippen LogP contribution in [-0.4, -0.2) is 22.5 Å². The van der Waals surface area contributed by atoms with Gasteiger partial charge in [0.25, 0.3) is 0 Å². The number of hydrogen-bond acceptors (Lipinski definition) is 1. The zero-order valence-corrected chi connectivity index (χ0v) is 16.1. The normalized spacial score (nSPS) is 27.7. The zero-order valence-electron chi connectivity index (χ0n) is 14.1. The van der Waals surface area contributed by atoms with Crippen LogP contribution in [-0.2, 0) is 4.43 Å². The maximum Gasteiger partial charge on any atom is 0.184 e. The van der Waals surface area contributed by atoms with E-state index in [1.165, 1.54) is 25.7 Å². The Balaban J connectivity index is 2.68. The Morgan fingerprint density at radius 3 is 2.11 bits per heavy atom. The van der Waals surface area contributed by atoms with Crippen molar-refractivity contribution < 1.29 is 4.43 Å². The smallest absolute Gasteiger partial charge is 0.184 e. The van der Waals surface area contributed by atoms with Gasteiger partial charge in [0, 0.05) is 6.10 Å². The van der Waals surface area contributed by atoms with E-state index in [0.29, 0.717) is 12.0 Å². The van der Waals surface area contributed by atoms with E-state index < -0.39 is 16.4 Å². The maximum atomic E-state index is 6.46. The van der Waals surface area contributed by atoms with Crippen molar-refractivity contribution in [3.05, 3.63) is 11.8 Å². The summed E-state index contributed by atoms with van der Waals surface area (Å²) in [5.74, 6) is 1.42. The molecule has 0 aromatic rings. The third-order valence-electron chi connectivity index (χ3n) is 3.83. The van der Waals surface area contributed by atoms with Crippen molar-refractivity contribution >= 4 is 16.4 Å². The van der Waals surface area contributed by atoms with Gasteiger partial charge in [0.05, 0.1) is 8.07 Å². The van der Waals surface area contributed by atoms with Crippen LogP contribution in [0.5, 0.6) is 0 Å². The second kappa shape index (κ2) is 6.73. The van der Waals surface area contributed by atoms with Gasteiger partial charge >= 0.3 is 0 Å². The molecule has 1 aliphatic carbocycles. The van der Waals surface area contributed by atoms with Gasteiger partial charge in [-0.05, 0) is 44.3 Å². The van der Waals surface area contributed by atoms with Crippen LogP contribution in [0.4, 0.5) is 0 Å². The van der Waals surface area contributed by atoms with Crippen molar-refractivity contribution in [2.75, 3.05) is 0 Å². The van der Waals surface area contributed by atoms with Crippen molar-refractivity contribution in [3.8, 4) is 0 Å². The minimum atomic E-state index is -1.41. The summed E-state index contributed by atoms with van der Waals surface area (Å²) in [5, 5.41) is 0. The van der Waals surface area contributed by atoms with Crippen LogP contribution >= 0.6 is 0 Å². The third kappa shape index (κ3) is 6.91. The van der Waals surface area contributed by atoms with Crippen molar-refractivity contribution in [1.82, 2.24) is 0 Å². The fourth-order valence-electron chi connectivity index (χ4n) is 2.91. The third-order valence-corrected chi connectivity index (χ3v) is 6.04. The molecule has 0 aromatic heterocycles. The molecule has 1 saturated carbocycles. The average Bonchev–Trinajstić information content (AvgIpc) is 2.23. The summed E-state index contributed by atoms with van der Waals surface area (Å²) in [5.41, 5.74) is 2.51. The first kappa shape index (κ1) is 17.2. The van der Waals surface area contributed by atoms with Crippen LogP contribution in [0.25, 0.3) is 0 Å². The number of hydrogen-bond donors (Lipinski definition) is 0. The average molecular weight is 299 g/mol. The van der Waals surface area contributed by atoms with Crippen molar-refractivity contribution in [3.63, 3.8) is 0 Å². The van der Waals surface area contributed by atoms with Gasteiger partial charge < -0.3 is 4.43 Å². The van der Waals surface area contributed by atoms with Crippen molar-refractivity contribution in [2.24, 2.45) is 11.8 Å². The summed E-state index contributed by atoms with van der Waals surface area (Å²) in [6.07, 6.45) is 8.38. The molecular formula is C16H34OSi2. The molecule has 19 heavy (non-hydrogen) atoms. The first-order valence-corrected chi connectivity index (χ1v) is 14.9. The first-order chi connectivity index (χ1) is 8.58. The molecule has 0 amide bonds. The zero-order chi connectivity index (χ0) is 14.7. The lowest BCUT2D eigenvalue weighted by atomic mass is 9.79. The first-order valence-electron chi connectivity index (χ1n) is 7.96. The topological polar surface area (TPSA) is 9.23 Å². The van der Waals surface area contributed by atoms with Gasteiger partial charge in [-0.1, -0.05) is 51.2 Å². The van der Waals surface area contributed by atoms with E-state index in [1.807, 2.05) is 0 Å². The molecule has 0 aromatic carbocycles. The summed E-state index contributed by atoms with van der Waals surface area (Å²) in [6, 6.07) is 0. The van der Waals surface area contributed by atoms with Crippen LogP contribution in [0.2, 0.25) is 39.3 Å². The van der Waals surface area contributed by atoms with Crippen molar-refractivity contribution in [1.29, 1.82) is 0 Å². The molecule has 0 heterocycles. The lowest BCUT2D eigenvalue weighted by Gasteiger charge is -2.38. The molecule has 0 aliphatic heterocycles. The number of rotatable bonds is 5. The standard InChI is InChI=1S/C16H34OSi2/c1-14(12-13-18(2,3)4)15-10-8-9-11-16(15)17-19(5,6)7/h12-16H,8-11H2,1-7H3/b13-12+/t14?,15-,16+/m0/s1. The van der Waals surface area contributed by atoms with E-state index in [0.717, 1.165) is 5.92 Å². The fraction of sp³-hybridized carbons (Fsp3) is 0.875. The Bertz CT molecular complexity index is 299. The monoisotopic (exact) mass is 298 g/mol. The molecule has 0 saturated heterocycles. The molecule has 1 unspecified atom stereocenters. The quantitative estimate of drug-likeness (QED) is 0.612. The highest BCUT2D eigenvalue weighted by Gasteiger charge is 2.32. The molecule has 0 spiro atoms. The molecular weight excluding hydrogens is 264 g/mol. The van der Waals surface area contributed by atoms with Gasteiger partial charge in [0.1, 0.15) is 0 Å². The molecule has 0 N–H and O–H groups in total. The van der Waals surface area contributed by atoms with Gasteiger partial charge in [-0.2, -0.15) is 0 Å². The summed E-state index contributed by atoms with van der Waals surface area (Å²) in [4.78, 5) is 0. The minimum Gasteiger partial charge on any atom is -0.414 e. The lowest BCUT2D eigenvalue weighted by molar-refractivity contribution is 0.0669. The highest BCUT2D eigenvalue weighted by Crippen LogP contribution is 2.34. The molecule has 112 valence electrons. The Labute approximate surface area is 123 Å². The SMILES string of the molecule is CC(/C=C/[Si](C)(C)C)[C@@H]1CCCC[C@H]1O[Si](C)(C)C. The van der Waals surface area contributed by atoms with Gasteiger partial charge in [-0.3, -0.25) is 0 Å². The van der Waals surface area contributed by atoms with Crippen LogP contribution in [0.3, 0.4) is 0 Å². The van der Waals surface area contributed by atoms with Gasteiger partial charge in [0.2, 0.25) is 0 Å². The van der Waals surface area contributed by atoms with E-state index >= 15 is 0 Å². The van der Waals surface area contributed by atoms with E-state index in [4.69, 9.17) is 4.43 Å². The second-order valence-corrected chi connectivity index (χ2v) is 17.8. The predicted octanol–water partition coefficient (Wildman–Crippen LogP) is 5.47. The fourth-order valence-corrected chi connectivity index (χ4v) is 4.99. The van der Waals surface area contributed by atoms with Crippen LogP contribution in [0, 0.1) is 11.8 Å². The summed E-state index contributed by atoms with van der Waals surface area (Å²) >= 11 is 0. The van der Waals surface area contributed by atoms with Crippen LogP contribution < -0.4 is 0 Å². The van der Waals surface area contributed by atoms with E-state index in [9.17, 15) is 0 Å². The largest absolute Gasteiger partial charge is 0.414 e. The summed E-state index contributed by atoms with van der Waals surface area (Å²) in [6.45, 7) is 16.6. The van der Waals surface area contributed by atoms with Gasteiger partial charge in [0.15, 0.2) is 8.32 Å².